The maximum atomic E-state index is 13.4. The number of hydrogen-bond acceptors (Lipinski definition) is 5. The van der Waals surface area contributed by atoms with Crippen molar-refractivity contribution in [2.75, 3.05) is 7.11 Å². The molecule has 0 unspecified atom stereocenters. The molecule has 0 radical (unpaired) electrons. The second-order valence-electron chi connectivity index (χ2n) is 7.15. The average molecular weight is 496 g/mol. The molecule has 3 aromatic rings. The number of carbonyl (C=O) groups is 1. The zero-order chi connectivity index (χ0) is 22.7. The van der Waals surface area contributed by atoms with E-state index in [1.807, 2.05) is 31.2 Å². The Kier molecular flexibility index (Phi) is 6.37. The third-order valence-corrected chi connectivity index (χ3v) is 5.34. The number of ether oxygens (including phenoxy) is 3. The molecule has 4 rings (SSSR count). The second kappa shape index (κ2) is 9.36. The molecule has 0 atom stereocenters. The van der Waals surface area contributed by atoms with E-state index in [2.05, 4.69) is 20.9 Å². The summed E-state index contributed by atoms with van der Waals surface area (Å²) in [7, 11) is 1.52. The number of halogens is 2. The first-order valence-corrected chi connectivity index (χ1v) is 10.6. The first-order valence-electron chi connectivity index (χ1n) is 9.77. The fourth-order valence-corrected chi connectivity index (χ4v) is 3.71. The summed E-state index contributed by atoms with van der Waals surface area (Å²) in [5.41, 5.74) is 3.38. The number of aliphatic imine (C=N–C) groups is 1. The van der Waals surface area contributed by atoms with Gasteiger partial charge < -0.3 is 14.2 Å². The van der Waals surface area contributed by atoms with Gasteiger partial charge in [0.05, 0.1) is 11.6 Å². The standard InChI is InChI=1S/C25H19BrFNO4/c1-15-6-8-18(9-7-15)24-28-21(25(29)32-24)12-17-11-20(26)23(22(13-17)30-2)31-14-16-4-3-5-19(27)10-16/h3-13H,14H2,1-2H3. The molecule has 1 aliphatic heterocycles. The molecule has 5 nitrogen and oxygen atoms in total. The van der Waals surface area contributed by atoms with E-state index in [9.17, 15) is 9.18 Å². The Hall–Kier alpha value is -3.45. The first kappa shape index (κ1) is 21.8. The molecule has 7 heteroatoms. The fourth-order valence-electron chi connectivity index (χ4n) is 3.13. The van der Waals surface area contributed by atoms with Crippen LogP contribution >= 0.6 is 15.9 Å². The summed E-state index contributed by atoms with van der Waals surface area (Å²) in [5.74, 6) is 0.339. The SMILES string of the molecule is COc1cc(C=C2N=C(c3ccc(C)cc3)OC2=O)cc(Br)c1OCc1cccc(F)c1. The third kappa shape index (κ3) is 4.89. The van der Waals surface area contributed by atoms with Crippen molar-refractivity contribution in [2.24, 2.45) is 4.99 Å². The van der Waals surface area contributed by atoms with E-state index in [0.717, 1.165) is 11.1 Å². The van der Waals surface area contributed by atoms with Crippen molar-refractivity contribution in [1.29, 1.82) is 0 Å². The monoisotopic (exact) mass is 495 g/mol. The summed E-state index contributed by atoms with van der Waals surface area (Å²) in [6.45, 7) is 2.15. The number of nitrogens with zero attached hydrogens (tertiary/aromatic N) is 1. The van der Waals surface area contributed by atoms with Crippen LogP contribution < -0.4 is 9.47 Å². The predicted octanol–water partition coefficient (Wildman–Crippen LogP) is 5.83. The lowest BCUT2D eigenvalue weighted by atomic mass is 10.1. The van der Waals surface area contributed by atoms with Crippen LogP contribution in [0.4, 0.5) is 4.39 Å². The van der Waals surface area contributed by atoms with E-state index < -0.39 is 5.97 Å². The largest absolute Gasteiger partial charge is 0.493 e. The van der Waals surface area contributed by atoms with Crippen LogP contribution in [0, 0.1) is 12.7 Å². The predicted molar refractivity (Wildman–Crippen MR) is 123 cm³/mol. The molecule has 32 heavy (non-hydrogen) atoms. The van der Waals surface area contributed by atoms with Crippen LogP contribution in [-0.4, -0.2) is 19.0 Å². The highest BCUT2D eigenvalue weighted by Gasteiger charge is 2.24. The van der Waals surface area contributed by atoms with Gasteiger partial charge in [0.2, 0.25) is 5.90 Å². The van der Waals surface area contributed by atoms with Gasteiger partial charge in [-0.15, -0.1) is 0 Å². The van der Waals surface area contributed by atoms with Gasteiger partial charge in [0.15, 0.2) is 17.2 Å². The summed E-state index contributed by atoms with van der Waals surface area (Å²) in [5, 5.41) is 0. The van der Waals surface area contributed by atoms with Crippen molar-refractivity contribution < 1.29 is 23.4 Å². The number of benzene rings is 3. The molecule has 0 aromatic heterocycles. The van der Waals surface area contributed by atoms with Gasteiger partial charge in [0, 0.05) is 5.56 Å². The van der Waals surface area contributed by atoms with Crippen molar-refractivity contribution in [3.63, 3.8) is 0 Å². The Morgan fingerprint density at radius 1 is 1.12 bits per heavy atom. The minimum Gasteiger partial charge on any atom is -0.493 e. The van der Waals surface area contributed by atoms with E-state index in [0.29, 0.717) is 27.1 Å². The van der Waals surface area contributed by atoms with Crippen LogP contribution in [0.3, 0.4) is 0 Å². The third-order valence-electron chi connectivity index (χ3n) is 4.75. The molecule has 0 bridgehead atoms. The number of methoxy groups -OCH3 is 1. The van der Waals surface area contributed by atoms with Crippen molar-refractivity contribution in [1.82, 2.24) is 0 Å². The average Bonchev–Trinajstić information content (AvgIpc) is 3.13. The first-order chi connectivity index (χ1) is 15.4. The summed E-state index contributed by atoms with van der Waals surface area (Å²) in [4.78, 5) is 16.7. The van der Waals surface area contributed by atoms with Crippen molar-refractivity contribution in [3.8, 4) is 11.5 Å². The molecule has 1 aliphatic rings. The zero-order valence-electron chi connectivity index (χ0n) is 17.4. The molecule has 0 saturated carbocycles. The Morgan fingerprint density at radius 3 is 2.62 bits per heavy atom. The Labute approximate surface area is 193 Å². The van der Waals surface area contributed by atoms with E-state index in [4.69, 9.17) is 14.2 Å². The van der Waals surface area contributed by atoms with Crippen molar-refractivity contribution >= 4 is 33.9 Å². The van der Waals surface area contributed by atoms with Gasteiger partial charge in [0.1, 0.15) is 12.4 Å². The van der Waals surface area contributed by atoms with Crippen molar-refractivity contribution in [2.45, 2.75) is 13.5 Å². The lowest BCUT2D eigenvalue weighted by molar-refractivity contribution is -0.129. The summed E-state index contributed by atoms with van der Waals surface area (Å²) >= 11 is 3.49. The van der Waals surface area contributed by atoms with E-state index in [1.54, 1.807) is 30.3 Å². The molecule has 0 amide bonds. The van der Waals surface area contributed by atoms with Crippen LogP contribution in [-0.2, 0) is 16.1 Å². The highest BCUT2D eigenvalue weighted by atomic mass is 79.9. The van der Waals surface area contributed by atoms with Crippen LogP contribution in [0.5, 0.6) is 11.5 Å². The lowest BCUT2D eigenvalue weighted by Gasteiger charge is -2.13. The van der Waals surface area contributed by atoms with E-state index in [1.165, 1.54) is 19.2 Å². The molecular formula is C25H19BrFNO4. The molecule has 0 N–H and O–H groups in total. The van der Waals surface area contributed by atoms with Crippen LogP contribution in [0.2, 0.25) is 0 Å². The van der Waals surface area contributed by atoms with Gasteiger partial charge in [-0.2, -0.15) is 0 Å². The van der Waals surface area contributed by atoms with Gasteiger partial charge >= 0.3 is 5.97 Å². The molecule has 162 valence electrons. The van der Waals surface area contributed by atoms with Crippen LogP contribution in [0.1, 0.15) is 22.3 Å². The van der Waals surface area contributed by atoms with Crippen LogP contribution in [0.25, 0.3) is 6.08 Å². The van der Waals surface area contributed by atoms with E-state index in [-0.39, 0.29) is 24.0 Å². The number of carbonyl (C=O) groups excluding carboxylic acids is 1. The maximum absolute atomic E-state index is 13.4. The minimum absolute atomic E-state index is 0.170. The fraction of sp³-hybridized carbons (Fsp3) is 0.120. The molecule has 0 saturated heterocycles. The molecule has 0 fully saturated rings. The second-order valence-corrected chi connectivity index (χ2v) is 8.01. The number of rotatable bonds is 6. The summed E-state index contributed by atoms with van der Waals surface area (Å²) in [6.07, 6.45) is 1.62. The quantitative estimate of drug-likeness (QED) is 0.319. The number of cyclic esters (lactones) is 1. The van der Waals surface area contributed by atoms with Crippen molar-refractivity contribution in [3.05, 3.63) is 98.9 Å². The van der Waals surface area contributed by atoms with Gasteiger partial charge in [0.25, 0.3) is 0 Å². The Morgan fingerprint density at radius 2 is 1.91 bits per heavy atom. The highest BCUT2D eigenvalue weighted by molar-refractivity contribution is 9.10. The highest BCUT2D eigenvalue weighted by Crippen LogP contribution is 2.38. The minimum atomic E-state index is -0.526. The number of esters is 1. The molecular weight excluding hydrogens is 477 g/mol. The molecule has 1 heterocycles. The van der Waals surface area contributed by atoms with Gasteiger partial charge in [-0.25, -0.2) is 14.2 Å². The molecule has 3 aromatic carbocycles. The summed E-state index contributed by atoms with van der Waals surface area (Å²) < 4.78 is 30.7. The smallest absolute Gasteiger partial charge is 0.363 e. The van der Waals surface area contributed by atoms with Gasteiger partial charge in [-0.3, -0.25) is 0 Å². The van der Waals surface area contributed by atoms with Gasteiger partial charge in [-0.1, -0.05) is 29.8 Å². The molecule has 0 aliphatic carbocycles. The van der Waals surface area contributed by atoms with Gasteiger partial charge in [-0.05, 0) is 76.5 Å². The maximum Gasteiger partial charge on any atom is 0.363 e. The summed E-state index contributed by atoms with van der Waals surface area (Å²) in [6, 6.07) is 17.3. The lowest BCUT2D eigenvalue weighted by Crippen LogP contribution is -2.05. The Balaban J connectivity index is 1.59. The normalized spacial score (nSPS) is 14.3. The number of hydrogen-bond donors (Lipinski definition) is 0. The zero-order valence-corrected chi connectivity index (χ0v) is 19.0. The Bertz CT molecular complexity index is 1240. The van der Waals surface area contributed by atoms with E-state index >= 15 is 0 Å². The topological polar surface area (TPSA) is 57.1 Å². The molecule has 0 spiro atoms. The van der Waals surface area contributed by atoms with Crippen LogP contribution in [0.15, 0.2) is 75.8 Å². The number of aryl methyl sites for hydroxylation is 1.